The fourth-order valence-electron chi connectivity index (χ4n) is 1.88. The molecule has 0 spiro atoms. The molecule has 0 aliphatic heterocycles. The van der Waals surface area contributed by atoms with Crippen LogP contribution in [0.15, 0.2) is 59.8 Å². The largest absolute Gasteiger partial charge is 0.504 e. The third-order valence-electron chi connectivity index (χ3n) is 3.01. The normalized spacial score (nSPS) is 10.8. The quantitative estimate of drug-likeness (QED) is 0.388. The molecule has 0 amide bonds. The second kappa shape index (κ2) is 6.52. The molecule has 7 nitrogen and oxygen atoms in total. The maximum atomic E-state index is 9.41. The molecule has 0 atom stereocenters. The smallest absolute Gasteiger partial charge is 0.263 e. The topological polar surface area (TPSA) is 104 Å². The first-order valence-electron chi connectivity index (χ1n) is 6.78. The molecule has 0 unspecified atom stereocenters. The minimum atomic E-state index is -0.210. The van der Waals surface area contributed by atoms with E-state index in [1.165, 1.54) is 18.3 Å². The molecule has 0 radical (unpaired) electrons. The van der Waals surface area contributed by atoms with Gasteiger partial charge in [-0.05, 0) is 23.8 Å². The van der Waals surface area contributed by atoms with Crippen molar-refractivity contribution in [3.05, 3.63) is 60.3 Å². The summed E-state index contributed by atoms with van der Waals surface area (Å²) in [5.74, 6) is -0.137. The molecule has 0 bridgehead atoms. The van der Waals surface area contributed by atoms with E-state index in [-0.39, 0.29) is 17.4 Å². The molecule has 3 rings (SSSR count). The first-order chi connectivity index (χ1) is 11.2. The van der Waals surface area contributed by atoms with E-state index in [0.717, 1.165) is 5.56 Å². The number of phenolic OH excluding ortho intramolecular Hbond substituents is 2. The number of rotatable bonds is 4. The van der Waals surface area contributed by atoms with E-state index in [1.54, 1.807) is 12.3 Å². The van der Waals surface area contributed by atoms with Crippen LogP contribution in [0, 0.1) is 0 Å². The molecule has 7 heteroatoms. The van der Waals surface area contributed by atoms with Crippen LogP contribution in [0.4, 0.5) is 5.95 Å². The second-order valence-corrected chi connectivity index (χ2v) is 4.65. The predicted molar refractivity (Wildman–Crippen MR) is 86.3 cm³/mol. The third kappa shape index (κ3) is 3.59. The average Bonchev–Trinajstić information content (AvgIpc) is 2.59. The molecule has 0 saturated carbocycles. The van der Waals surface area contributed by atoms with Crippen molar-refractivity contribution in [3.8, 4) is 22.8 Å². The van der Waals surface area contributed by atoms with E-state index in [9.17, 15) is 10.2 Å². The highest BCUT2D eigenvalue weighted by Gasteiger charge is 2.02. The molecule has 2 aromatic carbocycles. The van der Waals surface area contributed by atoms with E-state index in [4.69, 9.17) is 0 Å². The summed E-state index contributed by atoms with van der Waals surface area (Å²) in [5.41, 5.74) is 4.90. The Morgan fingerprint density at radius 3 is 2.61 bits per heavy atom. The summed E-state index contributed by atoms with van der Waals surface area (Å²) in [6.45, 7) is 0. The molecule has 23 heavy (non-hydrogen) atoms. The molecule has 114 valence electrons. The first kappa shape index (κ1) is 14.5. The van der Waals surface area contributed by atoms with Gasteiger partial charge < -0.3 is 10.2 Å². The first-order valence-corrected chi connectivity index (χ1v) is 6.78. The van der Waals surface area contributed by atoms with Crippen LogP contribution >= 0.6 is 0 Å². The number of benzene rings is 2. The van der Waals surface area contributed by atoms with Crippen molar-refractivity contribution in [2.75, 3.05) is 5.43 Å². The zero-order valence-corrected chi connectivity index (χ0v) is 12.0. The van der Waals surface area contributed by atoms with Crippen molar-refractivity contribution < 1.29 is 10.2 Å². The van der Waals surface area contributed by atoms with E-state index >= 15 is 0 Å². The van der Waals surface area contributed by atoms with E-state index in [2.05, 4.69) is 25.7 Å². The number of hydrogen-bond acceptors (Lipinski definition) is 7. The van der Waals surface area contributed by atoms with Gasteiger partial charge in [-0.15, -0.1) is 5.10 Å². The Kier molecular flexibility index (Phi) is 4.10. The Morgan fingerprint density at radius 1 is 1.00 bits per heavy atom. The molecule has 1 aromatic heterocycles. The zero-order valence-electron chi connectivity index (χ0n) is 12.0. The summed E-state index contributed by atoms with van der Waals surface area (Å²) in [5, 5.41) is 30.4. The minimum absolute atomic E-state index is 0.182. The maximum absolute atomic E-state index is 9.41. The summed E-state index contributed by atoms with van der Waals surface area (Å²) < 4.78 is 0. The Morgan fingerprint density at radius 2 is 1.83 bits per heavy atom. The number of anilines is 1. The molecule has 0 aliphatic rings. The van der Waals surface area contributed by atoms with Crippen LogP contribution in [0.3, 0.4) is 0 Å². The molecule has 0 fully saturated rings. The van der Waals surface area contributed by atoms with Gasteiger partial charge in [0.1, 0.15) is 0 Å². The fraction of sp³-hybridized carbons (Fsp3) is 0. The van der Waals surface area contributed by atoms with Gasteiger partial charge in [-0.25, -0.2) is 10.4 Å². The Balaban J connectivity index is 1.73. The monoisotopic (exact) mass is 307 g/mol. The maximum Gasteiger partial charge on any atom is 0.263 e. The van der Waals surface area contributed by atoms with E-state index < -0.39 is 0 Å². The summed E-state index contributed by atoms with van der Waals surface area (Å²) >= 11 is 0. The Hall–Kier alpha value is -3.48. The highest BCUT2D eigenvalue weighted by molar-refractivity contribution is 5.81. The Bertz CT molecular complexity index is 837. The minimum Gasteiger partial charge on any atom is -0.504 e. The lowest BCUT2D eigenvalue weighted by Crippen LogP contribution is -1.99. The molecule has 3 N–H and O–H groups in total. The van der Waals surface area contributed by atoms with Crippen LogP contribution < -0.4 is 5.43 Å². The average molecular weight is 307 g/mol. The molecular weight excluding hydrogens is 294 g/mol. The van der Waals surface area contributed by atoms with Gasteiger partial charge in [0.25, 0.3) is 5.95 Å². The number of aromatic hydroxyl groups is 2. The molecule has 1 heterocycles. The Labute approximate surface area is 132 Å². The van der Waals surface area contributed by atoms with Gasteiger partial charge in [0.15, 0.2) is 11.5 Å². The SMILES string of the molecule is Oc1ccc(C=NNc2nncc(-c3ccccc3)n2)cc1O. The van der Waals surface area contributed by atoms with Crippen LogP contribution in [0.2, 0.25) is 0 Å². The number of nitrogens with one attached hydrogen (secondary N) is 1. The fourth-order valence-corrected chi connectivity index (χ4v) is 1.88. The van der Waals surface area contributed by atoms with Crippen LogP contribution in [-0.4, -0.2) is 31.6 Å². The van der Waals surface area contributed by atoms with Gasteiger partial charge >= 0.3 is 0 Å². The molecule has 0 aliphatic carbocycles. The molecule has 3 aromatic rings. The zero-order chi connectivity index (χ0) is 16.1. The van der Waals surface area contributed by atoms with Crippen molar-refractivity contribution in [2.24, 2.45) is 5.10 Å². The second-order valence-electron chi connectivity index (χ2n) is 4.65. The van der Waals surface area contributed by atoms with Crippen molar-refractivity contribution in [1.82, 2.24) is 15.2 Å². The van der Waals surface area contributed by atoms with E-state index in [1.807, 2.05) is 30.3 Å². The third-order valence-corrected chi connectivity index (χ3v) is 3.01. The molecule has 0 saturated heterocycles. The van der Waals surface area contributed by atoms with Gasteiger partial charge in [-0.2, -0.15) is 10.2 Å². The summed E-state index contributed by atoms with van der Waals surface area (Å²) in [6, 6.07) is 14.0. The lowest BCUT2D eigenvalue weighted by Gasteiger charge is -2.02. The van der Waals surface area contributed by atoms with Gasteiger partial charge in [0.05, 0.1) is 18.1 Å². The number of hydrogen-bond donors (Lipinski definition) is 3. The van der Waals surface area contributed by atoms with Crippen LogP contribution in [-0.2, 0) is 0 Å². The standard InChI is InChI=1S/C16H13N5O2/c22-14-7-6-11(8-15(14)23)9-17-20-16-19-13(10-18-21-16)12-4-2-1-3-5-12/h1-10,22-23H,(H,19,20,21). The number of phenols is 2. The summed E-state index contributed by atoms with van der Waals surface area (Å²) in [6.07, 6.45) is 3.04. The number of aromatic nitrogens is 3. The van der Waals surface area contributed by atoms with Gasteiger partial charge in [0, 0.05) is 5.56 Å². The van der Waals surface area contributed by atoms with Gasteiger partial charge in [-0.1, -0.05) is 30.3 Å². The van der Waals surface area contributed by atoms with Crippen LogP contribution in [0.25, 0.3) is 11.3 Å². The van der Waals surface area contributed by atoms with Gasteiger partial charge in [0.2, 0.25) is 0 Å². The number of nitrogens with zero attached hydrogens (tertiary/aromatic N) is 4. The van der Waals surface area contributed by atoms with Crippen molar-refractivity contribution >= 4 is 12.2 Å². The lowest BCUT2D eigenvalue weighted by molar-refractivity contribution is 0.403. The van der Waals surface area contributed by atoms with Crippen molar-refractivity contribution in [2.45, 2.75) is 0 Å². The summed E-state index contributed by atoms with van der Waals surface area (Å²) in [7, 11) is 0. The lowest BCUT2D eigenvalue weighted by atomic mass is 10.2. The van der Waals surface area contributed by atoms with Crippen molar-refractivity contribution in [3.63, 3.8) is 0 Å². The van der Waals surface area contributed by atoms with E-state index in [0.29, 0.717) is 11.3 Å². The predicted octanol–water partition coefficient (Wildman–Crippen LogP) is 2.40. The van der Waals surface area contributed by atoms with Crippen LogP contribution in [0.1, 0.15) is 5.56 Å². The molecular formula is C16H13N5O2. The number of hydrazone groups is 1. The highest BCUT2D eigenvalue weighted by atomic mass is 16.3. The van der Waals surface area contributed by atoms with Gasteiger partial charge in [-0.3, -0.25) is 0 Å². The van der Waals surface area contributed by atoms with Crippen molar-refractivity contribution in [1.29, 1.82) is 0 Å². The van der Waals surface area contributed by atoms with Crippen LogP contribution in [0.5, 0.6) is 11.5 Å². The highest BCUT2D eigenvalue weighted by Crippen LogP contribution is 2.24. The summed E-state index contributed by atoms with van der Waals surface area (Å²) in [4.78, 5) is 4.32.